The maximum Gasteiger partial charge on any atom is 0.228 e. The maximum absolute atomic E-state index is 12.8. The van der Waals surface area contributed by atoms with Gasteiger partial charge < -0.3 is 14.4 Å². The van der Waals surface area contributed by atoms with Gasteiger partial charge in [-0.25, -0.2) is 4.98 Å². The predicted octanol–water partition coefficient (Wildman–Crippen LogP) is 1.48. The number of aromatic nitrogens is 1. The highest BCUT2D eigenvalue weighted by Gasteiger charge is 2.52. The fourth-order valence-electron chi connectivity index (χ4n) is 4.04. The van der Waals surface area contributed by atoms with Crippen LogP contribution in [0.4, 0.5) is 0 Å². The minimum absolute atomic E-state index is 0.0126. The zero-order chi connectivity index (χ0) is 17.0. The van der Waals surface area contributed by atoms with Crippen LogP contribution in [-0.4, -0.2) is 74.3 Å². The summed E-state index contributed by atoms with van der Waals surface area (Å²) < 4.78 is 10.5. The van der Waals surface area contributed by atoms with Crippen LogP contribution in [0.5, 0.6) is 0 Å². The summed E-state index contributed by atoms with van der Waals surface area (Å²) in [6.45, 7) is 5.60. The predicted molar refractivity (Wildman–Crippen MR) is 92.9 cm³/mol. The van der Waals surface area contributed by atoms with E-state index in [1.165, 1.54) is 5.01 Å². The molecule has 0 aromatic carbocycles. The lowest BCUT2D eigenvalue weighted by Gasteiger charge is -2.41. The van der Waals surface area contributed by atoms with Crippen LogP contribution in [0.2, 0.25) is 0 Å². The molecular weight excluding hydrogens is 326 g/mol. The number of hydrogen-bond acceptors (Lipinski definition) is 6. The first-order valence-corrected chi connectivity index (χ1v) is 9.44. The van der Waals surface area contributed by atoms with Crippen molar-refractivity contribution in [2.75, 3.05) is 53.6 Å². The number of ether oxygens (including phenoxy) is 2. The van der Waals surface area contributed by atoms with Gasteiger partial charge in [-0.3, -0.25) is 9.69 Å². The Hall–Kier alpha value is -1.02. The first-order chi connectivity index (χ1) is 11.7. The number of thiazole rings is 1. The maximum atomic E-state index is 12.8. The van der Waals surface area contributed by atoms with E-state index in [4.69, 9.17) is 9.47 Å². The van der Waals surface area contributed by atoms with Crippen molar-refractivity contribution in [2.45, 2.75) is 19.4 Å². The van der Waals surface area contributed by atoms with Crippen LogP contribution in [0.25, 0.3) is 0 Å². The summed E-state index contributed by atoms with van der Waals surface area (Å²) in [5.41, 5.74) is 0.0558. The van der Waals surface area contributed by atoms with Gasteiger partial charge >= 0.3 is 0 Å². The molecule has 1 spiro atoms. The molecule has 1 atom stereocenters. The average Bonchev–Trinajstić information content (AvgIpc) is 3.18. The third-order valence-electron chi connectivity index (χ3n) is 5.45. The van der Waals surface area contributed by atoms with Crippen LogP contribution in [0.15, 0.2) is 11.6 Å². The summed E-state index contributed by atoms with van der Waals surface area (Å²) in [5, 5.41) is 3.20. The van der Waals surface area contributed by atoms with E-state index in [1.807, 2.05) is 16.5 Å². The van der Waals surface area contributed by atoms with E-state index in [0.717, 1.165) is 39.0 Å². The van der Waals surface area contributed by atoms with E-state index >= 15 is 0 Å². The molecule has 2 fully saturated rings. The highest BCUT2D eigenvalue weighted by Crippen LogP contribution is 2.45. The molecule has 1 amide bonds. The standard InChI is InChI=1S/C17H27N3O3S/c1-22-9-8-20-13-17(14(12-23-2)16(20)21)3-6-19(7-4-17)11-15-18-5-10-24-15/h5,10,14H,3-4,6-9,11-13H2,1-2H3/t14-/m1/s1. The van der Waals surface area contributed by atoms with E-state index in [9.17, 15) is 4.79 Å². The summed E-state index contributed by atoms with van der Waals surface area (Å²) in [6, 6.07) is 0. The van der Waals surface area contributed by atoms with Gasteiger partial charge in [-0.1, -0.05) is 0 Å². The van der Waals surface area contributed by atoms with Crippen molar-refractivity contribution in [3.05, 3.63) is 16.6 Å². The smallest absolute Gasteiger partial charge is 0.228 e. The fraction of sp³-hybridized carbons (Fsp3) is 0.765. The second kappa shape index (κ2) is 7.91. The van der Waals surface area contributed by atoms with Crippen molar-refractivity contribution >= 4 is 17.2 Å². The number of rotatable bonds is 7. The zero-order valence-corrected chi connectivity index (χ0v) is 15.4. The molecule has 0 bridgehead atoms. The molecule has 0 radical (unpaired) electrons. The highest BCUT2D eigenvalue weighted by atomic mass is 32.1. The summed E-state index contributed by atoms with van der Waals surface area (Å²) in [4.78, 5) is 21.6. The molecule has 2 aliphatic heterocycles. The van der Waals surface area contributed by atoms with Crippen molar-refractivity contribution in [1.29, 1.82) is 0 Å². The molecule has 0 aliphatic carbocycles. The van der Waals surface area contributed by atoms with Gasteiger partial charge in [0.2, 0.25) is 5.91 Å². The average molecular weight is 353 g/mol. The normalized spacial score (nSPS) is 24.2. The van der Waals surface area contributed by atoms with Gasteiger partial charge in [-0.15, -0.1) is 11.3 Å². The molecule has 0 unspecified atom stereocenters. The number of carbonyl (C=O) groups is 1. The van der Waals surface area contributed by atoms with E-state index in [0.29, 0.717) is 19.8 Å². The third kappa shape index (κ3) is 3.64. The quantitative estimate of drug-likeness (QED) is 0.743. The molecule has 3 heterocycles. The Morgan fingerprint density at radius 1 is 1.33 bits per heavy atom. The van der Waals surface area contributed by atoms with Crippen molar-refractivity contribution in [3.63, 3.8) is 0 Å². The van der Waals surface area contributed by atoms with Crippen LogP contribution in [0.1, 0.15) is 17.8 Å². The third-order valence-corrected chi connectivity index (χ3v) is 6.21. The summed E-state index contributed by atoms with van der Waals surface area (Å²) in [6.07, 6.45) is 3.95. The lowest BCUT2D eigenvalue weighted by atomic mass is 9.71. The summed E-state index contributed by atoms with van der Waals surface area (Å²) in [5.74, 6) is 0.226. The lowest BCUT2D eigenvalue weighted by molar-refractivity contribution is -0.134. The SMILES string of the molecule is COCCN1CC2(CCN(Cc3nccs3)CC2)[C@H](COC)C1=O. The van der Waals surface area contributed by atoms with Crippen molar-refractivity contribution in [3.8, 4) is 0 Å². The molecule has 2 aliphatic rings. The lowest BCUT2D eigenvalue weighted by Crippen LogP contribution is -2.45. The van der Waals surface area contributed by atoms with Crippen LogP contribution in [0, 0.1) is 11.3 Å². The topological polar surface area (TPSA) is 54.9 Å². The van der Waals surface area contributed by atoms with Gasteiger partial charge in [0.25, 0.3) is 0 Å². The number of nitrogens with zero attached hydrogens (tertiary/aromatic N) is 3. The van der Waals surface area contributed by atoms with Crippen LogP contribution in [-0.2, 0) is 20.8 Å². The number of carbonyl (C=O) groups excluding carboxylic acids is 1. The van der Waals surface area contributed by atoms with E-state index in [-0.39, 0.29) is 17.2 Å². The molecular formula is C17H27N3O3S. The minimum Gasteiger partial charge on any atom is -0.384 e. The van der Waals surface area contributed by atoms with Crippen molar-refractivity contribution in [2.24, 2.45) is 11.3 Å². The number of hydrogen-bond donors (Lipinski definition) is 0. The minimum atomic E-state index is -0.0126. The van der Waals surface area contributed by atoms with Crippen LogP contribution >= 0.6 is 11.3 Å². The number of methoxy groups -OCH3 is 2. The molecule has 24 heavy (non-hydrogen) atoms. The van der Waals surface area contributed by atoms with Gasteiger partial charge in [0.15, 0.2) is 0 Å². The van der Waals surface area contributed by atoms with Crippen LogP contribution in [0.3, 0.4) is 0 Å². The van der Waals surface area contributed by atoms with Crippen molar-refractivity contribution < 1.29 is 14.3 Å². The first-order valence-electron chi connectivity index (χ1n) is 8.56. The second-order valence-electron chi connectivity index (χ2n) is 6.82. The number of amides is 1. The highest BCUT2D eigenvalue weighted by molar-refractivity contribution is 7.09. The molecule has 6 nitrogen and oxygen atoms in total. The van der Waals surface area contributed by atoms with Crippen LogP contribution < -0.4 is 0 Å². The Morgan fingerprint density at radius 3 is 2.75 bits per heavy atom. The Kier molecular flexibility index (Phi) is 5.86. The summed E-state index contributed by atoms with van der Waals surface area (Å²) >= 11 is 1.71. The van der Waals surface area contributed by atoms with Gasteiger partial charge in [-0.05, 0) is 25.9 Å². The largest absolute Gasteiger partial charge is 0.384 e. The van der Waals surface area contributed by atoms with E-state index in [2.05, 4.69) is 9.88 Å². The molecule has 0 saturated carbocycles. The first kappa shape index (κ1) is 17.8. The van der Waals surface area contributed by atoms with E-state index < -0.39 is 0 Å². The number of piperidine rings is 1. The molecule has 134 valence electrons. The monoisotopic (exact) mass is 353 g/mol. The Balaban J connectivity index is 1.64. The Bertz CT molecular complexity index is 529. The molecule has 1 aromatic rings. The second-order valence-corrected chi connectivity index (χ2v) is 7.80. The molecule has 0 N–H and O–H groups in total. The molecule has 2 saturated heterocycles. The fourth-order valence-corrected chi connectivity index (χ4v) is 4.70. The van der Waals surface area contributed by atoms with Crippen molar-refractivity contribution in [1.82, 2.24) is 14.8 Å². The van der Waals surface area contributed by atoms with Gasteiger partial charge in [0.05, 0.1) is 25.7 Å². The molecule has 3 rings (SSSR count). The zero-order valence-electron chi connectivity index (χ0n) is 14.6. The van der Waals surface area contributed by atoms with Gasteiger partial charge in [-0.2, -0.15) is 0 Å². The molecule has 1 aromatic heterocycles. The Morgan fingerprint density at radius 2 is 2.12 bits per heavy atom. The van der Waals surface area contributed by atoms with E-state index in [1.54, 1.807) is 25.6 Å². The van der Waals surface area contributed by atoms with Gasteiger partial charge in [0.1, 0.15) is 5.01 Å². The summed E-state index contributed by atoms with van der Waals surface area (Å²) in [7, 11) is 3.37. The van der Waals surface area contributed by atoms with Gasteiger partial charge in [0, 0.05) is 44.3 Å². The molecule has 7 heteroatoms. The Labute approximate surface area is 147 Å². The number of likely N-dealkylation sites (tertiary alicyclic amines) is 2.